The van der Waals surface area contributed by atoms with Gasteiger partial charge in [-0.15, -0.1) is 12.4 Å². The SMILES string of the molecule is COc1ccc(Nc2cc(-c3cccc(C(=O)Nc4ccc5[nH]ncc5c4)c3)nn3ccnc23)nc1OC.COc1ccc(Nc2cc(-c3cccc(C(=O)O)c3)nn3ccnc23)nc1OC.Cl.Nc1ccc2[nH]ncc2c1. The molecule has 8 N–H and O–H groups in total. The van der Waals surface area contributed by atoms with Gasteiger partial charge in [-0.05, 0) is 97.1 Å². The molecular weight excluding hydrogens is 1020 g/mol. The Bertz CT molecular complexity index is 4100. The minimum atomic E-state index is -0.997. The Labute approximate surface area is 448 Å². The molecule has 0 unspecified atom stereocenters. The highest BCUT2D eigenvalue weighted by Crippen LogP contribution is 2.32. The van der Waals surface area contributed by atoms with E-state index >= 15 is 0 Å². The molecule has 78 heavy (non-hydrogen) atoms. The van der Waals surface area contributed by atoms with Gasteiger partial charge in [0.1, 0.15) is 11.6 Å². The summed E-state index contributed by atoms with van der Waals surface area (Å²) in [4.78, 5) is 42.0. The van der Waals surface area contributed by atoms with Crippen LogP contribution < -0.4 is 40.6 Å². The molecule has 0 bridgehead atoms. The molecule has 0 saturated heterocycles. The molecule has 0 aliphatic rings. The maximum Gasteiger partial charge on any atom is 0.335 e. The molecule has 392 valence electrons. The predicted octanol–water partition coefficient (Wildman–Crippen LogP) is 9.50. The summed E-state index contributed by atoms with van der Waals surface area (Å²) in [5, 5.41) is 43.5. The van der Waals surface area contributed by atoms with Gasteiger partial charge in [0.05, 0.1) is 80.2 Å². The van der Waals surface area contributed by atoms with E-state index in [9.17, 15) is 14.7 Å². The summed E-state index contributed by atoms with van der Waals surface area (Å²) in [6, 6.07) is 35.8. The number of pyridine rings is 2. The summed E-state index contributed by atoms with van der Waals surface area (Å²) in [5.41, 5.74) is 14.8. The first-order valence-electron chi connectivity index (χ1n) is 23.3. The van der Waals surface area contributed by atoms with Gasteiger partial charge in [-0.1, -0.05) is 24.3 Å². The zero-order valence-corrected chi connectivity index (χ0v) is 42.7. The number of aromatic carboxylic acids is 1. The fraction of sp³-hybridized carbons (Fsp3) is 0.0741. The number of nitrogens with zero attached hydrogens (tertiary/aromatic N) is 10. The van der Waals surface area contributed by atoms with Crippen molar-refractivity contribution < 1.29 is 33.6 Å². The molecule has 8 heterocycles. The second-order valence-electron chi connectivity index (χ2n) is 16.7. The first-order chi connectivity index (χ1) is 37.6. The number of imidazole rings is 2. The standard InChI is InChI=1S/C27H22N8O3.C20H17N5O4.C7H7N3.ClH/c1-37-23-8-9-24(32-27(23)38-2)31-22-14-21(34-35-11-10-28-25(22)35)16-4-3-5-17(12-16)26(36)30-19-6-7-20-18(13-19)15-29-33-20;1-28-16-6-7-17(23-19(16)29-2)22-15-11-14(24-25-9-8-21-18(15)25)12-4-3-5-13(10-12)20(26)27;8-6-1-2-7-5(3-6)4-9-10-7;/h3-15H,1-2H3,(H,29,33)(H,30,36)(H,31,32);3-11H,1-2H3,(H,22,23)(H,26,27);1-4H,8H2,(H,9,10);1H. The van der Waals surface area contributed by atoms with Gasteiger partial charge in [-0.25, -0.2) is 23.8 Å². The molecule has 1 amide bonds. The second-order valence-corrected chi connectivity index (χ2v) is 16.7. The highest BCUT2D eigenvalue weighted by Gasteiger charge is 2.16. The average molecular weight is 1070 g/mol. The molecule has 0 aliphatic carbocycles. The second kappa shape index (κ2) is 23.2. The molecule has 0 atom stereocenters. The number of carboxylic acid groups (broad SMARTS) is 1. The van der Waals surface area contributed by atoms with E-state index in [1.54, 1.807) is 121 Å². The van der Waals surface area contributed by atoms with E-state index in [0.29, 0.717) is 85.8 Å². The van der Waals surface area contributed by atoms with E-state index in [2.05, 4.69) is 66.5 Å². The number of fused-ring (bicyclic) bond motifs is 4. The topological polar surface area (TPSA) is 297 Å². The number of aromatic nitrogens is 12. The van der Waals surface area contributed by atoms with Crippen molar-refractivity contribution in [3.05, 3.63) is 170 Å². The number of ether oxygens (including phenoxy) is 4. The van der Waals surface area contributed by atoms with Crippen LogP contribution in [0.2, 0.25) is 0 Å². The fourth-order valence-electron chi connectivity index (χ4n) is 7.99. The van der Waals surface area contributed by atoms with Crippen molar-refractivity contribution in [3.8, 4) is 45.8 Å². The van der Waals surface area contributed by atoms with Crippen molar-refractivity contribution in [2.75, 3.05) is 50.1 Å². The fourth-order valence-corrected chi connectivity index (χ4v) is 7.99. The van der Waals surface area contributed by atoms with Crippen LogP contribution >= 0.6 is 12.4 Å². The van der Waals surface area contributed by atoms with E-state index in [1.165, 1.54) is 20.3 Å². The third-order valence-electron chi connectivity index (χ3n) is 11.7. The number of methoxy groups -OCH3 is 4. The van der Waals surface area contributed by atoms with E-state index in [1.807, 2.05) is 54.6 Å². The Kier molecular flexibility index (Phi) is 15.5. The van der Waals surface area contributed by atoms with Crippen LogP contribution in [0, 0.1) is 0 Å². The van der Waals surface area contributed by atoms with E-state index < -0.39 is 5.97 Å². The number of amides is 1. The minimum Gasteiger partial charge on any atom is -0.491 e. The van der Waals surface area contributed by atoms with Crippen LogP contribution in [0.3, 0.4) is 0 Å². The van der Waals surface area contributed by atoms with Crippen LogP contribution in [0.4, 0.5) is 34.4 Å². The summed E-state index contributed by atoms with van der Waals surface area (Å²) < 4.78 is 24.4. The largest absolute Gasteiger partial charge is 0.491 e. The number of aromatic amines is 2. The Morgan fingerprint density at radius 1 is 0.590 bits per heavy atom. The molecule has 4 aromatic carbocycles. The van der Waals surface area contributed by atoms with E-state index in [0.717, 1.165) is 33.1 Å². The number of nitrogens with one attached hydrogen (secondary N) is 5. The molecule has 23 nitrogen and oxygen atoms in total. The normalized spacial score (nSPS) is 10.7. The molecule has 0 spiro atoms. The van der Waals surface area contributed by atoms with Crippen LogP contribution in [0.25, 0.3) is 55.6 Å². The first kappa shape index (κ1) is 52.1. The lowest BCUT2D eigenvalue weighted by Crippen LogP contribution is -2.12. The Balaban J connectivity index is 0.000000163. The number of nitrogens with two attached hydrogens (primary N) is 1. The van der Waals surface area contributed by atoms with Crippen molar-refractivity contribution in [2.24, 2.45) is 0 Å². The third kappa shape index (κ3) is 11.4. The molecule has 0 radical (unpaired) electrons. The van der Waals surface area contributed by atoms with Crippen molar-refractivity contribution in [3.63, 3.8) is 0 Å². The van der Waals surface area contributed by atoms with Crippen LogP contribution in [0.5, 0.6) is 23.3 Å². The molecule has 0 saturated carbocycles. The van der Waals surface area contributed by atoms with Gasteiger partial charge in [-0.3, -0.25) is 15.0 Å². The van der Waals surface area contributed by atoms with Crippen LogP contribution in [-0.4, -0.2) is 105 Å². The molecule has 0 aliphatic heterocycles. The van der Waals surface area contributed by atoms with Gasteiger partial charge in [0, 0.05) is 63.6 Å². The lowest BCUT2D eigenvalue weighted by Gasteiger charge is -2.12. The maximum absolute atomic E-state index is 13.1. The molecule has 24 heteroatoms. The molecule has 0 fully saturated rings. The monoisotopic (exact) mass is 1070 g/mol. The number of rotatable bonds is 13. The summed E-state index contributed by atoms with van der Waals surface area (Å²) >= 11 is 0. The van der Waals surface area contributed by atoms with Crippen molar-refractivity contribution in [1.82, 2.24) is 59.6 Å². The maximum atomic E-state index is 13.1. The Morgan fingerprint density at radius 3 is 1.63 bits per heavy atom. The minimum absolute atomic E-state index is 0. The van der Waals surface area contributed by atoms with E-state index in [-0.39, 0.29) is 23.9 Å². The number of halogens is 1. The number of nitrogen functional groups attached to an aromatic ring is 1. The average Bonchev–Trinajstić information content (AvgIpc) is 4.32. The van der Waals surface area contributed by atoms with Gasteiger partial charge in [0.25, 0.3) is 17.7 Å². The van der Waals surface area contributed by atoms with Gasteiger partial charge < -0.3 is 45.7 Å². The smallest absolute Gasteiger partial charge is 0.335 e. The zero-order valence-electron chi connectivity index (χ0n) is 41.9. The summed E-state index contributed by atoms with van der Waals surface area (Å²) in [6.45, 7) is 0. The highest BCUT2D eigenvalue weighted by molar-refractivity contribution is 6.05. The molecule has 12 aromatic rings. The van der Waals surface area contributed by atoms with Crippen molar-refractivity contribution >= 4 is 91.8 Å². The van der Waals surface area contributed by atoms with Crippen molar-refractivity contribution in [1.29, 1.82) is 0 Å². The number of carboxylic acids is 1. The number of hydrogen-bond acceptors (Lipinski definition) is 17. The molecule has 12 rings (SSSR count). The Hall–Kier alpha value is -10.8. The zero-order chi connectivity index (χ0) is 53.4. The summed E-state index contributed by atoms with van der Waals surface area (Å²) in [6.07, 6.45) is 10.2. The van der Waals surface area contributed by atoms with Gasteiger partial charge >= 0.3 is 5.97 Å². The predicted molar refractivity (Wildman–Crippen MR) is 297 cm³/mol. The number of carbonyl (C=O) groups excluding carboxylic acids is 1. The lowest BCUT2D eigenvalue weighted by atomic mass is 10.1. The number of hydrogen-bond donors (Lipinski definition) is 7. The van der Waals surface area contributed by atoms with Crippen LogP contribution in [0.15, 0.2) is 159 Å². The van der Waals surface area contributed by atoms with Gasteiger partial charge in [0.15, 0.2) is 22.8 Å². The third-order valence-corrected chi connectivity index (χ3v) is 11.7. The lowest BCUT2D eigenvalue weighted by molar-refractivity contribution is 0.0696. The van der Waals surface area contributed by atoms with Gasteiger partial charge in [0.2, 0.25) is 0 Å². The van der Waals surface area contributed by atoms with Gasteiger partial charge in [-0.2, -0.15) is 30.4 Å². The van der Waals surface area contributed by atoms with E-state index in [4.69, 9.17) is 24.7 Å². The highest BCUT2D eigenvalue weighted by atomic mass is 35.5. The van der Waals surface area contributed by atoms with Crippen LogP contribution in [-0.2, 0) is 0 Å². The van der Waals surface area contributed by atoms with Crippen molar-refractivity contribution in [2.45, 2.75) is 0 Å². The number of benzene rings is 4. The number of carbonyl (C=O) groups is 2. The Morgan fingerprint density at radius 2 is 1.10 bits per heavy atom. The summed E-state index contributed by atoms with van der Waals surface area (Å²) in [5.74, 6) is 1.60. The first-order valence-corrected chi connectivity index (χ1v) is 23.3. The quantitative estimate of drug-likeness (QED) is 0.0529. The number of anilines is 6. The van der Waals surface area contributed by atoms with Crippen LogP contribution in [0.1, 0.15) is 20.7 Å². The summed E-state index contributed by atoms with van der Waals surface area (Å²) in [7, 11) is 6.15. The molecule has 8 aromatic heterocycles. The number of H-pyrrole nitrogens is 2. The molecular formula is C54H47ClN16O7.